The predicted molar refractivity (Wildman–Crippen MR) is 108 cm³/mol. The van der Waals surface area contributed by atoms with E-state index in [0.717, 1.165) is 25.9 Å². The zero-order valence-electron chi connectivity index (χ0n) is 17.2. The Labute approximate surface area is 170 Å². The molecule has 2 aliphatic heterocycles. The van der Waals surface area contributed by atoms with Crippen LogP contribution >= 0.6 is 0 Å². The number of benzene rings is 1. The van der Waals surface area contributed by atoms with Crippen LogP contribution in [0.4, 0.5) is 10.2 Å². The zero-order chi connectivity index (χ0) is 20.5. The summed E-state index contributed by atoms with van der Waals surface area (Å²) in [6.45, 7) is 3.56. The van der Waals surface area contributed by atoms with Crippen LogP contribution in [-0.2, 0) is 0 Å². The lowest BCUT2D eigenvalue weighted by atomic mass is 10.1. The molecule has 0 spiro atoms. The fraction of sp³-hybridized carbons (Fsp3) is 0.524. The third-order valence-electron chi connectivity index (χ3n) is 5.82. The number of ether oxygens (including phenoxy) is 1. The second-order valence-electron chi connectivity index (χ2n) is 7.89. The van der Waals surface area contributed by atoms with Gasteiger partial charge in [-0.05, 0) is 44.0 Å². The average molecular weight is 402 g/mol. The van der Waals surface area contributed by atoms with Crippen molar-refractivity contribution >= 4 is 11.7 Å². The normalized spacial score (nSPS) is 19.7. The molecule has 1 amide bonds. The van der Waals surface area contributed by atoms with Crippen LogP contribution in [0.5, 0.6) is 5.75 Å². The highest BCUT2D eigenvalue weighted by Crippen LogP contribution is 2.35. The van der Waals surface area contributed by atoms with Crippen LogP contribution in [0.25, 0.3) is 11.3 Å². The molecule has 8 heteroatoms. The first-order chi connectivity index (χ1) is 14.0. The van der Waals surface area contributed by atoms with E-state index in [4.69, 9.17) is 9.26 Å². The zero-order valence-corrected chi connectivity index (χ0v) is 17.2. The summed E-state index contributed by atoms with van der Waals surface area (Å²) in [6.07, 6.45) is 3.25. The van der Waals surface area contributed by atoms with Crippen molar-refractivity contribution in [2.75, 3.05) is 52.3 Å². The van der Waals surface area contributed by atoms with E-state index in [2.05, 4.69) is 10.1 Å². The highest BCUT2D eigenvalue weighted by atomic mass is 19.1. The number of fused-ring (bicyclic) bond motifs is 1. The van der Waals surface area contributed by atoms with Crippen LogP contribution in [-0.4, -0.2) is 74.3 Å². The summed E-state index contributed by atoms with van der Waals surface area (Å²) >= 11 is 0. The number of methoxy groups -OCH3 is 1. The average Bonchev–Trinajstić information content (AvgIpc) is 3.30. The fourth-order valence-electron chi connectivity index (χ4n) is 4.33. The first kappa shape index (κ1) is 19.7. The smallest absolute Gasteiger partial charge is 0.261 e. The second-order valence-corrected chi connectivity index (χ2v) is 7.89. The minimum Gasteiger partial charge on any atom is -0.494 e. The fourth-order valence-corrected chi connectivity index (χ4v) is 4.33. The van der Waals surface area contributed by atoms with Gasteiger partial charge in [0.15, 0.2) is 23.1 Å². The molecule has 1 aromatic heterocycles. The second kappa shape index (κ2) is 8.02. The molecule has 2 saturated heterocycles. The van der Waals surface area contributed by atoms with Gasteiger partial charge in [-0.1, -0.05) is 5.16 Å². The Hall–Kier alpha value is -2.61. The molecular weight excluding hydrogens is 375 g/mol. The molecule has 2 fully saturated rings. The minimum atomic E-state index is -0.467. The Morgan fingerprint density at radius 2 is 2.07 bits per heavy atom. The lowest BCUT2D eigenvalue weighted by Crippen LogP contribution is -2.40. The van der Waals surface area contributed by atoms with Gasteiger partial charge in [0.1, 0.15) is 5.56 Å². The maximum Gasteiger partial charge on any atom is 0.261 e. The van der Waals surface area contributed by atoms with Crippen molar-refractivity contribution in [3.63, 3.8) is 0 Å². The molecule has 0 aliphatic carbocycles. The Morgan fingerprint density at radius 1 is 1.28 bits per heavy atom. The molecule has 0 bridgehead atoms. The van der Waals surface area contributed by atoms with Gasteiger partial charge in [-0.15, -0.1) is 0 Å². The number of hydrogen-bond acceptors (Lipinski definition) is 6. The molecule has 4 rings (SSSR count). The van der Waals surface area contributed by atoms with Gasteiger partial charge in [-0.3, -0.25) is 9.69 Å². The number of aromatic nitrogens is 1. The molecule has 1 aromatic carbocycles. The standard InChI is InChI=1S/C21H27FN4O3/c1-24(2)20-18(19(29-23-20)14-7-8-16(22)17(12-14)28-3)21(27)26-11-5-10-25-9-4-6-15(25)13-26/h7-8,12,15H,4-6,9-11,13H2,1-3H3/t15-/m0/s1. The molecule has 3 heterocycles. The monoisotopic (exact) mass is 402 g/mol. The quantitative estimate of drug-likeness (QED) is 0.784. The van der Waals surface area contributed by atoms with Crippen molar-refractivity contribution < 1.29 is 18.4 Å². The summed E-state index contributed by atoms with van der Waals surface area (Å²) in [4.78, 5) is 19.8. The van der Waals surface area contributed by atoms with Gasteiger partial charge in [-0.2, -0.15) is 0 Å². The van der Waals surface area contributed by atoms with E-state index in [1.165, 1.54) is 25.7 Å². The summed E-state index contributed by atoms with van der Waals surface area (Å²) in [5.74, 6) is 0.345. The predicted octanol–water partition coefficient (Wildman–Crippen LogP) is 2.87. The summed E-state index contributed by atoms with van der Waals surface area (Å²) in [5, 5.41) is 4.13. The molecule has 0 N–H and O–H groups in total. The van der Waals surface area contributed by atoms with E-state index in [0.29, 0.717) is 41.8 Å². The topological polar surface area (TPSA) is 62.1 Å². The van der Waals surface area contributed by atoms with Gasteiger partial charge in [0, 0.05) is 45.3 Å². The van der Waals surface area contributed by atoms with E-state index in [9.17, 15) is 9.18 Å². The van der Waals surface area contributed by atoms with Gasteiger partial charge >= 0.3 is 0 Å². The van der Waals surface area contributed by atoms with Gasteiger partial charge < -0.3 is 19.1 Å². The number of anilines is 1. The largest absolute Gasteiger partial charge is 0.494 e. The number of rotatable bonds is 4. The third kappa shape index (κ3) is 3.69. The van der Waals surface area contributed by atoms with Crippen LogP contribution in [0, 0.1) is 5.82 Å². The van der Waals surface area contributed by atoms with E-state index in [1.54, 1.807) is 11.0 Å². The van der Waals surface area contributed by atoms with Crippen molar-refractivity contribution in [3.05, 3.63) is 29.6 Å². The van der Waals surface area contributed by atoms with E-state index in [1.807, 2.05) is 19.0 Å². The van der Waals surface area contributed by atoms with Crippen molar-refractivity contribution in [2.45, 2.75) is 25.3 Å². The van der Waals surface area contributed by atoms with Crippen molar-refractivity contribution in [2.24, 2.45) is 0 Å². The highest BCUT2D eigenvalue weighted by Gasteiger charge is 2.34. The van der Waals surface area contributed by atoms with Crippen LogP contribution in [0.15, 0.2) is 22.7 Å². The molecule has 0 saturated carbocycles. The Kier molecular flexibility index (Phi) is 5.45. The number of nitrogens with zero attached hydrogens (tertiary/aromatic N) is 4. The lowest BCUT2D eigenvalue weighted by molar-refractivity contribution is 0.0744. The van der Waals surface area contributed by atoms with E-state index >= 15 is 0 Å². The first-order valence-electron chi connectivity index (χ1n) is 10.0. The summed E-state index contributed by atoms with van der Waals surface area (Å²) < 4.78 is 24.6. The Morgan fingerprint density at radius 3 is 2.83 bits per heavy atom. The SMILES string of the molecule is COc1cc(-c2onc(N(C)C)c2C(=O)N2CCCN3CCC[C@H]3C2)ccc1F. The summed E-state index contributed by atoms with van der Waals surface area (Å²) in [5.41, 5.74) is 0.972. The number of carbonyl (C=O) groups is 1. The van der Waals surface area contributed by atoms with Gasteiger partial charge in [0.05, 0.1) is 7.11 Å². The first-order valence-corrected chi connectivity index (χ1v) is 10.0. The maximum atomic E-state index is 13.9. The minimum absolute atomic E-state index is 0.0954. The third-order valence-corrected chi connectivity index (χ3v) is 5.82. The Balaban J connectivity index is 1.72. The summed E-state index contributed by atoms with van der Waals surface area (Å²) in [7, 11) is 5.06. The van der Waals surface area contributed by atoms with E-state index in [-0.39, 0.29) is 11.7 Å². The van der Waals surface area contributed by atoms with Crippen molar-refractivity contribution in [1.82, 2.24) is 15.0 Å². The lowest BCUT2D eigenvalue weighted by Gasteiger charge is -2.26. The Bertz CT molecular complexity index is 898. The van der Waals surface area contributed by atoms with Gasteiger partial charge in [0.2, 0.25) is 0 Å². The number of carbonyl (C=O) groups excluding carboxylic acids is 1. The van der Waals surface area contributed by atoms with E-state index < -0.39 is 5.82 Å². The van der Waals surface area contributed by atoms with Gasteiger partial charge in [0.25, 0.3) is 5.91 Å². The van der Waals surface area contributed by atoms with Crippen LogP contribution in [0.2, 0.25) is 0 Å². The molecule has 1 atom stereocenters. The van der Waals surface area contributed by atoms with Crippen LogP contribution < -0.4 is 9.64 Å². The van der Waals surface area contributed by atoms with Gasteiger partial charge in [-0.25, -0.2) is 4.39 Å². The van der Waals surface area contributed by atoms with Crippen LogP contribution in [0.1, 0.15) is 29.6 Å². The maximum absolute atomic E-state index is 13.9. The molecule has 7 nitrogen and oxygen atoms in total. The molecule has 2 aromatic rings. The number of amides is 1. The molecule has 0 radical (unpaired) electrons. The summed E-state index contributed by atoms with van der Waals surface area (Å²) in [6, 6.07) is 4.84. The van der Waals surface area contributed by atoms with Crippen molar-refractivity contribution in [1.29, 1.82) is 0 Å². The molecule has 29 heavy (non-hydrogen) atoms. The number of halogens is 1. The highest BCUT2D eigenvalue weighted by molar-refractivity contribution is 6.04. The van der Waals surface area contributed by atoms with Crippen molar-refractivity contribution in [3.8, 4) is 17.1 Å². The molecular formula is C21H27FN4O3. The number of hydrogen-bond donors (Lipinski definition) is 0. The van der Waals surface area contributed by atoms with Crippen LogP contribution in [0.3, 0.4) is 0 Å². The molecule has 2 aliphatic rings. The molecule has 0 unspecified atom stereocenters. The molecule has 156 valence electrons.